The van der Waals surface area contributed by atoms with Gasteiger partial charge in [0, 0.05) is 24.1 Å². The summed E-state index contributed by atoms with van der Waals surface area (Å²) in [5.74, 6) is 0.693. The Bertz CT molecular complexity index is 597. The Balaban J connectivity index is 2.50. The molecule has 0 saturated heterocycles. The lowest BCUT2D eigenvalue weighted by Crippen LogP contribution is -2.12. The summed E-state index contributed by atoms with van der Waals surface area (Å²) in [6, 6.07) is 13.8. The van der Waals surface area contributed by atoms with Crippen molar-refractivity contribution >= 4 is 21.7 Å². The van der Waals surface area contributed by atoms with Crippen LogP contribution in [0.25, 0.3) is 11.3 Å². The van der Waals surface area contributed by atoms with Crippen molar-refractivity contribution in [2.75, 3.05) is 19.0 Å². The molecule has 90 valence electrons. The van der Waals surface area contributed by atoms with Crippen LogP contribution < -0.4 is 4.90 Å². The van der Waals surface area contributed by atoms with Gasteiger partial charge in [0.05, 0.1) is 11.3 Å². The molecule has 0 N–H and O–H groups in total. The van der Waals surface area contributed by atoms with E-state index in [9.17, 15) is 0 Å². The Morgan fingerprint density at radius 1 is 1.11 bits per heavy atom. The predicted molar refractivity (Wildman–Crippen MR) is 76.4 cm³/mol. The fourth-order valence-corrected chi connectivity index (χ4v) is 1.92. The quantitative estimate of drug-likeness (QED) is 0.853. The standard InChI is InChI=1S/C14H12BrN3/c1-18(2)14-11(9-16)5-8-13(17-14)10-3-6-12(15)7-4-10/h3-8H,1-2H3. The van der Waals surface area contributed by atoms with Gasteiger partial charge in [0.2, 0.25) is 0 Å². The van der Waals surface area contributed by atoms with Gasteiger partial charge in [-0.3, -0.25) is 0 Å². The fraction of sp³-hybridized carbons (Fsp3) is 0.143. The van der Waals surface area contributed by atoms with Gasteiger partial charge in [-0.15, -0.1) is 0 Å². The molecule has 0 spiro atoms. The summed E-state index contributed by atoms with van der Waals surface area (Å²) in [7, 11) is 3.77. The van der Waals surface area contributed by atoms with Crippen molar-refractivity contribution < 1.29 is 0 Å². The maximum atomic E-state index is 9.04. The average molecular weight is 302 g/mol. The first-order chi connectivity index (χ1) is 8.61. The number of nitriles is 1. The molecule has 0 amide bonds. The first-order valence-electron chi connectivity index (χ1n) is 5.46. The van der Waals surface area contributed by atoms with Gasteiger partial charge in [0.25, 0.3) is 0 Å². The third kappa shape index (κ3) is 2.52. The fourth-order valence-electron chi connectivity index (χ4n) is 1.66. The highest BCUT2D eigenvalue weighted by molar-refractivity contribution is 9.10. The van der Waals surface area contributed by atoms with Crippen LogP contribution in [0.4, 0.5) is 5.82 Å². The number of pyridine rings is 1. The van der Waals surface area contributed by atoms with E-state index in [1.807, 2.05) is 49.3 Å². The van der Waals surface area contributed by atoms with Gasteiger partial charge < -0.3 is 4.90 Å². The minimum absolute atomic E-state index is 0.584. The van der Waals surface area contributed by atoms with Gasteiger partial charge in [0.15, 0.2) is 0 Å². The monoisotopic (exact) mass is 301 g/mol. The first-order valence-corrected chi connectivity index (χ1v) is 6.25. The second kappa shape index (κ2) is 5.19. The molecule has 0 saturated carbocycles. The molecule has 1 heterocycles. The van der Waals surface area contributed by atoms with Crippen molar-refractivity contribution in [2.45, 2.75) is 0 Å². The second-order valence-electron chi connectivity index (χ2n) is 4.08. The number of hydrogen-bond acceptors (Lipinski definition) is 3. The van der Waals surface area contributed by atoms with E-state index in [0.717, 1.165) is 15.7 Å². The Labute approximate surface area is 115 Å². The van der Waals surface area contributed by atoms with E-state index in [1.165, 1.54) is 0 Å². The molecule has 0 aliphatic heterocycles. The van der Waals surface area contributed by atoms with Crippen LogP contribution in [0.3, 0.4) is 0 Å². The summed E-state index contributed by atoms with van der Waals surface area (Å²) in [5, 5.41) is 9.04. The summed E-state index contributed by atoms with van der Waals surface area (Å²) in [4.78, 5) is 6.38. The van der Waals surface area contributed by atoms with Crippen LogP contribution in [-0.2, 0) is 0 Å². The number of aromatic nitrogens is 1. The van der Waals surface area contributed by atoms with Crippen LogP contribution in [0.2, 0.25) is 0 Å². The maximum absolute atomic E-state index is 9.04. The summed E-state index contributed by atoms with van der Waals surface area (Å²) in [6.45, 7) is 0. The van der Waals surface area contributed by atoms with Crippen molar-refractivity contribution in [3.05, 3.63) is 46.4 Å². The Morgan fingerprint density at radius 2 is 1.78 bits per heavy atom. The Morgan fingerprint density at radius 3 is 2.33 bits per heavy atom. The minimum Gasteiger partial charge on any atom is -0.362 e. The van der Waals surface area contributed by atoms with Crippen molar-refractivity contribution in [1.82, 2.24) is 4.98 Å². The van der Waals surface area contributed by atoms with E-state index >= 15 is 0 Å². The zero-order valence-electron chi connectivity index (χ0n) is 10.2. The van der Waals surface area contributed by atoms with Gasteiger partial charge in [-0.2, -0.15) is 5.26 Å². The molecular formula is C14H12BrN3. The molecule has 4 heteroatoms. The van der Waals surface area contributed by atoms with Crippen LogP contribution in [0.15, 0.2) is 40.9 Å². The van der Waals surface area contributed by atoms with E-state index in [2.05, 4.69) is 27.0 Å². The van der Waals surface area contributed by atoms with Crippen LogP contribution in [0.1, 0.15) is 5.56 Å². The minimum atomic E-state index is 0.584. The number of hydrogen-bond donors (Lipinski definition) is 0. The third-order valence-corrected chi connectivity index (χ3v) is 3.09. The zero-order chi connectivity index (χ0) is 13.1. The molecule has 0 fully saturated rings. The molecular weight excluding hydrogens is 290 g/mol. The highest BCUT2D eigenvalue weighted by Gasteiger charge is 2.08. The summed E-state index contributed by atoms with van der Waals surface area (Å²) < 4.78 is 1.03. The first kappa shape index (κ1) is 12.6. The smallest absolute Gasteiger partial charge is 0.146 e. The lowest BCUT2D eigenvalue weighted by atomic mass is 10.1. The largest absolute Gasteiger partial charge is 0.362 e. The number of anilines is 1. The summed E-state index contributed by atoms with van der Waals surface area (Å²) in [5.41, 5.74) is 2.48. The normalized spacial score (nSPS) is 9.89. The molecule has 0 bridgehead atoms. The van der Waals surface area contributed by atoms with Crippen LogP contribution in [0.5, 0.6) is 0 Å². The van der Waals surface area contributed by atoms with Gasteiger partial charge in [-0.1, -0.05) is 28.1 Å². The molecule has 0 unspecified atom stereocenters. The van der Waals surface area contributed by atoms with Gasteiger partial charge >= 0.3 is 0 Å². The Kier molecular flexibility index (Phi) is 3.63. The highest BCUT2D eigenvalue weighted by atomic mass is 79.9. The molecule has 1 aromatic carbocycles. The van der Waals surface area contributed by atoms with Gasteiger partial charge in [-0.05, 0) is 24.3 Å². The molecule has 1 aromatic heterocycles. The topological polar surface area (TPSA) is 39.9 Å². The maximum Gasteiger partial charge on any atom is 0.146 e. The van der Waals surface area contributed by atoms with E-state index < -0.39 is 0 Å². The lowest BCUT2D eigenvalue weighted by Gasteiger charge is -2.14. The van der Waals surface area contributed by atoms with Gasteiger partial charge in [0.1, 0.15) is 11.9 Å². The molecule has 0 aliphatic rings. The number of halogens is 1. The molecule has 0 atom stereocenters. The van der Waals surface area contributed by atoms with Gasteiger partial charge in [-0.25, -0.2) is 4.98 Å². The second-order valence-corrected chi connectivity index (χ2v) is 5.00. The molecule has 2 aromatic rings. The molecule has 18 heavy (non-hydrogen) atoms. The number of benzene rings is 1. The molecule has 0 aliphatic carbocycles. The SMILES string of the molecule is CN(C)c1nc(-c2ccc(Br)cc2)ccc1C#N. The average Bonchev–Trinajstić information content (AvgIpc) is 2.39. The van der Waals surface area contributed by atoms with E-state index in [0.29, 0.717) is 11.4 Å². The van der Waals surface area contributed by atoms with Crippen LogP contribution in [-0.4, -0.2) is 19.1 Å². The van der Waals surface area contributed by atoms with E-state index in [1.54, 1.807) is 6.07 Å². The summed E-state index contributed by atoms with van der Waals surface area (Å²) >= 11 is 3.41. The zero-order valence-corrected chi connectivity index (χ0v) is 11.8. The Hall–Kier alpha value is -1.86. The molecule has 3 nitrogen and oxygen atoms in total. The van der Waals surface area contributed by atoms with Crippen molar-refractivity contribution in [3.63, 3.8) is 0 Å². The van der Waals surface area contributed by atoms with Crippen LogP contribution in [0, 0.1) is 11.3 Å². The van der Waals surface area contributed by atoms with Crippen molar-refractivity contribution in [3.8, 4) is 17.3 Å². The number of nitrogens with zero attached hydrogens (tertiary/aromatic N) is 3. The third-order valence-electron chi connectivity index (χ3n) is 2.56. The van der Waals surface area contributed by atoms with Crippen LogP contribution >= 0.6 is 15.9 Å². The summed E-state index contributed by atoms with van der Waals surface area (Å²) in [6.07, 6.45) is 0. The molecule has 0 radical (unpaired) electrons. The highest BCUT2D eigenvalue weighted by Crippen LogP contribution is 2.24. The lowest BCUT2D eigenvalue weighted by molar-refractivity contribution is 1.06. The van der Waals surface area contributed by atoms with E-state index in [4.69, 9.17) is 5.26 Å². The van der Waals surface area contributed by atoms with Crippen molar-refractivity contribution in [1.29, 1.82) is 5.26 Å². The number of rotatable bonds is 2. The van der Waals surface area contributed by atoms with E-state index in [-0.39, 0.29) is 0 Å². The van der Waals surface area contributed by atoms with Crippen molar-refractivity contribution in [2.24, 2.45) is 0 Å². The predicted octanol–water partition coefficient (Wildman–Crippen LogP) is 3.45. The molecule has 2 rings (SSSR count).